The smallest absolute Gasteiger partial charge is 0.302 e. The molecular weight excluding hydrogens is 480 g/mol. The van der Waals surface area contributed by atoms with Crippen LogP contribution in [0.15, 0.2) is 29.8 Å². The fraction of sp³-hybridized carbons (Fsp3) is 0.677. The number of nitro groups is 1. The number of benzene rings is 1. The van der Waals surface area contributed by atoms with Crippen LogP contribution in [-0.2, 0) is 14.3 Å². The summed E-state index contributed by atoms with van der Waals surface area (Å²) < 4.78 is 5.61. The molecule has 38 heavy (non-hydrogen) atoms. The van der Waals surface area contributed by atoms with Gasteiger partial charge in [-0.1, -0.05) is 32.4 Å². The van der Waals surface area contributed by atoms with Crippen molar-refractivity contribution in [2.24, 2.45) is 34.5 Å². The molecule has 3 saturated carbocycles. The van der Waals surface area contributed by atoms with E-state index in [0.717, 1.165) is 49.8 Å². The van der Waals surface area contributed by atoms with Crippen molar-refractivity contribution in [3.05, 3.63) is 45.5 Å². The second-order valence-corrected chi connectivity index (χ2v) is 13.3. The van der Waals surface area contributed by atoms with Crippen molar-refractivity contribution in [3.8, 4) is 0 Å². The Morgan fingerprint density at radius 2 is 1.89 bits per heavy atom. The zero-order chi connectivity index (χ0) is 27.1. The van der Waals surface area contributed by atoms with Crippen LogP contribution in [0, 0.1) is 44.6 Å². The van der Waals surface area contributed by atoms with Gasteiger partial charge < -0.3 is 9.64 Å². The Bertz CT molecular complexity index is 1240. The highest BCUT2D eigenvalue weighted by atomic mass is 16.6. The number of hydrogen-bond donors (Lipinski definition) is 0. The van der Waals surface area contributed by atoms with Crippen molar-refractivity contribution in [3.63, 3.8) is 0 Å². The number of ether oxygens (including phenoxy) is 1. The molecule has 1 amide bonds. The number of rotatable bonds is 2. The standard InChI is InChI=1S/C31H40N2O5/c1-17-24-15-21(33(36)37)7-9-27(24)32(18(2)34)28-16-26-23-8-6-20-14-22(38-19(3)35)10-12-30(20,4)25(23)11-13-31(26,5)29(17)28/h6-7,9,15,17,22-23,25-26,28-29H,8,10-14,16H2,1-5H3/t17-,22+,23-,25+,26+,28-,29+,30+,31+/m1/s1. The molecule has 0 saturated heterocycles. The van der Waals surface area contributed by atoms with Gasteiger partial charge in [0, 0.05) is 44.1 Å². The predicted octanol–water partition coefficient (Wildman–Crippen LogP) is 6.55. The molecule has 1 aliphatic heterocycles. The first kappa shape index (κ1) is 25.6. The number of allylic oxidation sites excluding steroid dienone is 1. The van der Waals surface area contributed by atoms with Crippen LogP contribution >= 0.6 is 0 Å². The summed E-state index contributed by atoms with van der Waals surface area (Å²) in [7, 11) is 0. The number of amides is 1. The summed E-state index contributed by atoms with van der Waals surface area (Å²) in [6.45, 7) is 10.3. The Labute approximate surface area is 225 Å². The van der Waals surface area contributed by atoms with Crippen molar-refractivity contribution >= 4 is 23.3 Å². The average molecular weight is 521 g/mol. The monoisotopic (exact) mass is 520 g/mol. The van der Waals surface area contributed by atoms with E-state index in [-0.39, 0.29) is 57.3 Å². The third-order valence-electron chi connectivity index (χ3n) is 11.7. The molecule has 5 aliphatic rings. The largest absolute Gasteiger partial charge is 0.462 e. The highest BCUT2D eigenvalue weighted by molar-refractivity contribution is 5.94. The van der Waals surface area contributed by atoms with Crippen molar-refractivity contribution < 1.29 is 19.2 Å². The van der Waals surface area contributed by atoms with Gasteiger partial charge in [0.1, 0.15) is 6.10 Å². The summed E-state index contributed by atoms with van der Waals surface area (Å²) in [5.74, 6) is 1.95. The van der Waals surface area contributed by atoms with E-state index in [2.05, 4.69) is 26.8 Å². The summed E-state index contributed by atoms with van der Waals surface area (Å²) in [5.41, 5.74) is 3.61. The molecule has 0 bridgehead atoms. The Hall–Kier alpha value is -2.70. The van der Waals surface area contributed by atoms with E-state index >= 15 is 0 Å². The summed E-state index contributed by atoms with van der Waals surface area (Å²) in [6.07, 6.45) is 9.64. The first-order valence-electron chi connectivity index (χ1n) is 14.4. The highest BCUT2D eigenvalue weighted by Crippen LogP contribution is 2.69. The molecule has 204 valence electrons. The number of hydrogen-bond acceptors (Lipinski definition) is 5. The minimum Gasteiger partial charge on any atom is -0.462 e. The van der Waals surface area contributed by atoms with E-state index in [9.17, 15) is 19.7 Å². The minimum absolute atomic E-state index is 0.000818. The normalized spacial score (nSPS) is 41.0. The summed E-state index contributed by atoms with van der Waals surface area (Å²) >= 11 is 0. The Balaban J connectivity index is 1.36. The molecule has 0 unspecified atom stereocenters. The molecule has 1 aromatic carbocycles. The lowest BCUT2D eigenvalue weighted by molar-refractivity contribution is -0.384. The lowest BCUT2D eigenvalue weighted by atomic mass is 9.46. The van der Waals surface area contributed by atoms with Gasteiger partial charge in [-0.15, -0.1) is 0 Å². The third-order valence-corrected chi connectivity index (χ3v) is 11.7. The number of carbonyl (C=O) groups excluding carboxylic acids is 2. The second-order valence-electron chi connectivity index (χ2n) is 13.3. The van der Waals surface area contributed by atoms with Gasteiger partial charge >= 0.3 is 5.97 Å². The van der Waals surface area contributed by atoms with Gasteiger partial charge in [0.25, 0.3) is 5.69 Å². The second kappa shape index (κ2) is 8.65. The molecule has 0 radical (unpaired) electrons. The lowest BCUT2D eigenvalue weighted by Crippen LogP contribution is -2.52. The van der Waals surface area contributed by atoms with Crippen molar-refractivity contribution in [2.45, 2.75) is 97.6 Å². The third kappa shape index (κ3) is 3.52. The van der Waals surface area contributed by atoms with Crippen LogP contribution in [0.25, 0.3) is 0 Å². The Kier molecular flexibility index (Phi) is 5.82. The van der Waals surface area contributed by atoms with Crippen LogP contribution in [0.2, 0.25) is 0 Å². The van der Waals surface area contributed by atoms with E-state index in [4.69, 9.17) is 4.74 Å². The minimum atomic E-state index is -0.329. The van der Waals surface area contributed by atoms with Crippen molar-refractivity contribution in [1.29, 1.82) is 0 Å². The molecule has 0 spiro atoms. The molecule has 9 atom stereocenters. The van der Waals surface area contributed by atoms with Crippen LogP contribution in [0.4, 0.5) is 11.4 Å². The molecule has 1 heterocycles. The quantitative estimate of drug-likeness (QED) is 0.191. The zero-order valence-corrected chi connectivity index (χ0v) is 23.2. The molecule has 0 aromatic heterocycles. The molecule has 0 N–H and O–H groups in total. The first-order valence-corrected chi connectivity index (χ1v) is 14.4. The Morgan fingerprint density at radius 3 is 2.58 bits per heavy atom. The summed E-state index contributed by atoms with van der Waals surface area (Å²) in [4.78, 5) is 38.0. The van der Waals surface area contributed by atoms with Gasteiger partial charge in [-0.3, -0.25) is 19.7 Å². The molecule has 4 aliphatic carbocycles. The first-order chi connectivity index (χ1) is 18.0. The van der Waals surface area contributed by atoms with Gasteiger partial charge in [0.2, 0.25) is 5.91 Å². The molecular formula is C31H40N2O5. The van der Waals surface area contributed by atoms with Crippen LogP contribution in [-0.4, -0.2) is 28.9 Å². The molecule has 7 nitrogen and oxygen atoms in total. The highest BCUT2D eigenvalue weighted by Gasteiger charge is 2.64. The lowest BCUT2D eigenvalue weighted by Gasteiger charge is -2.58. The van der Waals surface area contributed by atoms with E-state index in [1.807, 2.05) is 4.90 Å². The zero-order valence-electron chi connectivity index (χ0n) is 23.2. The molecule has 3 fully saturated rings. The SMILES string of the molecule is CC(=O)O[C@H]1CC[C@@]2(C)C(=CC[C@H]3[C@@H]4C[C@@H]5[C@H]([C@H](C)c6cc([N+](=O)[O-])ccc6N5C(C)=O)[C@@]4(C)CC[C@@H]32)C1. The maximum atomic E-state index is 13.1. The van der Waals surface area contributed by atoms with Crippen molar-refractivity contribution in [1.82, 2.24) is 0 Å². The van der Waals surface area contributed by atoms with Gasteiger partial charge in [0.15, 0.2) is 0 Å². The fourth-order valence-corrected chi connectivity index (χ4v) is 10.2. The maximum Gasteiger partial charge on any atom is 0.302 e. The van der Waals surface area contributed by atoms with E-state index in [1.165, 1.54) is 18.9 Å². The Morgan fingerprint density at radius 1 is 1.13 bits per heavy atom. The fourth-order valence-electron chi connectivity index (χ4n) is 10.2. The number of fused-ring (bicyclic) bond motifs is 8. The van der Waals surface area contributed by atoms with Gasteiger partial charge in [-0.2, -0.15) is 0 Å². The number of nitro benzene ring substituents is 1. The summed E-state index contributed by atoms with van der Waals surface area (Å²) in [5, 5.41) is 11.6. The topological polar surface area (TPSA) is 89.8 Å². The summed E-state index contributed by atoms with van der Waals surface area (Å²) in [6, 6.07) is 5.19. The van der Waals surface area contributed by atoms with Crippen LogP contribution < -0.4 is 4.90 Å². The van der Waals surface area contributed by atoms with Crippen LogP contribution in [0.3, 0.4) is 0 Å². The van der Waals surface area contributed by atoms with E-state index < -0.39 is 0 Å². The van der Waals surface area contributed by atoms with Gasteiger partial charge in [-0.25, -0.2) is 0 Å². The average Bonchev–Trinajstić information content (AvgIpc) is 3.16. The molecule has 1 aromatic rings. The van der Waals surface area contributed by atoms with Gasteiger partial charge in [-0.05, 0) is 90.6 Å². The number of non-ortho nitro benzene ring substituents is 1. The van der Waals surface area contributed by atoms with E-state index in [1.54, 1.807) is 25.1 Å². The molecule has 7 heteroatoms. The van der Waals surface area contributed by atoms with Crippen molar-refractivity contribution in [2.75, 3.05) is 4.90 Å². The van der Waals surface area contributed by atoms with Crippen LogP contribution in [0.5, 0.6) is 0 Å². The molecule has 6 rings (SSSR count). The number of esters is 1. The number of carbonyl (C=O) groups is 2. The van der Waals surface area contributed by atoms with Gasteiger partial charge in [0.05, 0.1) is 4.92 Å². The number of anilines is 1. The maximum absolute atomic E-state index is 13.1. The number of nitrogens with zero attached hydrogens (tertiary/aromatic N) is 2. The predicted molar refractivity (Wildman–Crippen MR) is 145 cm³/mol. The van der Waals surface area contributed by atoms with Crippen LogP contribution in [0.1, 0.15) is 91.0 Å². The van der Waals surface area contributed by atoms with E-state index in [0.29, 0.717) is 17.8 Å².